The predicted octanol–water partition coefficient (Wildman–Crippen LogP) is 4.07. The van der Waals surface area contributed by atoms with Crippen molar-refractivity contribution in [2.75, 3.05) is 13.1 Å². The second-order valence-electron chi connectivity index (χ2n) is 7.93. The number of hydrogen-bond acceptors (Lipinski definition) is 2. The number of carbonyl (C=O) groups excluding carboxylic acids is 2. The van der Waals surface area contributed by atoms with Crippen molar-refractivity contribution in [1.29, 1.82) is 0 Å². The minimum atomic E-state index is 0.0675. The lowest BCUT2D eigenvalue weighted by molar-refractivity contribution is -0.141. The van der Waals surface area contributed by atoms with Crippen molar-refractivity contribution < 1.29 is 9.59 Å². The van der Waals surface area contributed by atoms with Gasteiger partial charge in [-0.25, -0.2) is 0 Å². The van der Waals surface area contributed by atoms with Gasteiger partial charge in [0.1, 0.15) is 0 Å². The number of nitrogens with zero attached hydrogens (tertiary/aromatic N) is 3. The lowest BCUT2D eigenvalue weighted by Gasteiger charge is -2.28. The molecular formula is C24H33N3O2. The van der Waals surface area contributed by atoms with E-state index in [1.807, 2.05) is 43.0 Å². The first kappa shape index (κ1) is 21.2. The predicted molar refractivity (Wildman–Crippen MR) is 115 cm³/mol. The van der Waals surface area contributed by atoms with Gasteiger partial charge in [-0.15, -0.1) is 0 Å². The molecule has 0 saturated heterocycles. The van der Waals surface area contributed by atoms with Crippen LogP contribution >= 0.6 is 0 Å². The van der Waals surface area contributed by atoms with Gasteiger partial charge in [-0.2, -0.15) is 0 Å². The van der Waals surface area contributed by atoms with Gasteiger partial charge in [-0.05, 0) is 43.4 Å². The zero-order chi connectivity index (χ0) is 20.6. The van der Waals surface area contributed by atoms with Crippen molar-refractivity contribution in [3.63, 3.8) is 0 Å². The molecule has 156 valence electrons. The average molecular weight is 396 g/mol. The Morgan fingerprint density at radius 3 is 2.41 bits per heavy atom. The average Bonchev–Trinajstić information content (AvgIpc) is 3.47. The highest BCUT2D eigenvalue weighted by atomic mass is 16.2. The zero-order valence-corrected chi connectivity index (χ0v) is 17.7. The van der Waals surface area contributed by atoms with Gasteiger partial charge in [0.2, 0.25) is 11.8 Å². The highest BCUT2D eigenvalue weighted by Gasteiger charge is 2.34. The van der Waals surface area contributed by atoms with Gasteiger partial charge < -0.3 is 14.4 Å². The fourth-order valence-corrected chi connectivity index (χ4v) is 3.70. The van der Waals surface area contributed by atoms with E-state index in [-0.39, 0.29) is 18.4 Å². The number of hydrogen-bond donors (Lipinski definition) is 0. The molecule has 5 nitrogen and oxygen atoms in total. The van der Waals surface area contributed by atoms with Crippen LogP contribution in [0.4, 0.5) is 0 Å². The molecular weight excluding hydrogens is 362 g/mol. The second kappa shape index (κ2) is 10.3. The molecule has 2 aromatic rings. The molecule has 5 heteroatoms. The van der Waals surface area contributed by atoms with Crippen molar-refractivity contribution in [1.82, 2.24) is 14.4 Å². The molecule has 0 radical (unpaired) electrons. The minimum absolute atomic E-state index is 0.0675. The van der Waals surface area contributed by atoms with Crippen LogP contribution in [0.3, 0.4) is 0 Å². The molecule has 0 N–H and O–H groups in total. The van der Waals surface area contributed by atoms with Crippen molar-refractivity contribution in [2.24, 2.45) is 0 Å². The first-order chi connectivity index (χ1) is 14.1. The van der Waals surface area contributed by atoms with Gasteiger partial charge in [-0.3, -0.25) is 9.59 Å². The first-order valence-corrected chi connectivity index (χ1v) is 10.9. The van der Waals surface area contributed by atoms with Gasteiger partial charge in [0.05, 0.1) is 13.1 Å². The van der Waals surface area contributed by atoms with Crippen molar-refractivity contribution in [3.8, 4) is 0 Å². The Morgan fingerprint density at radius 2 is 1.76 bits per heavy atom. The van der Waals surface area contributed by atoms with E-state index >= 15 is 0 Å². The normalized spacial score (nSPS) is 13.3. The van der Waals surface area contributed by atoms with Crippen LogP contribution in [-0.4, -0.2) is 45.3 Å². The molecule has 1 aliphatic rings. The monoisotopic (exact) mass is 395 g/mol. The molecule has 2 amide bonds. The summed E-state index contributed by atoms with van der Waals surface area (Å²) in [5.74, 6) is 0.156. The Bertz CT molecular complexity index is 795. The molecule has 1 saturated carbocycles. The molecule has 1 aliphatic carbocycles. The third-order valence-electron chi connectivity index (χ3n) is 5.40. The summed E-state index contributed by atoms with van der Waals surface area (Å²) in [6, 6.07) is 14.8. The fourth-order valence-electron chi connectivity index (χ4n) is 3.70. The first-order valence-electron chi connectivity index (χ1n) is 10.9. The summed E-state index contributed by atoms with van der Waals surface area (Å²) in [5.41, 5.74) is 2.38. The Hall–Kier alpha value is -2.56. The van der Waals surface area contributed by atoms with Gasteiger partial charge in [0, 0.05) is 37.4 Å². The minimum Gasteiger partial charge on any atom is -0.345 e. The molecule has 0 aliphatic heterocycles. The number of rotatable bonds is 11. The lowest BCUT2D eigenvalue weighted by Crippen LogP contribution is -2.44. The topological polar surface area (TPSA) is 45.6 Å². The molecule has 1 aromatic carbocycles. The van der Waals surface area contributed by atoms with Gasteiger partial charge in [-0.1, -0.05) is 44.2 Å². The molecule has 0 atom stereocenters. The summed E-state index contributed by atoms with van der Waals surface area (Å²) in [4.78, 5) is 29.3. The lowest BCUT2D eigenvalue weighted by atomic mass is 10.2. The molecule has 3 rings (SSSR count). The largest absolute Gasteiger partial charge is 0.345 e. The molecule has 0 unspecified atom stereocenters. The highest BCUT2D eigenvalue weighted by molar-refractivity contribution is 5.85. The SMILES string of the molecule is CCCC(=O)N(CCC)CC(=O)N(Cc1cccn1Cc1ccccc1)C1CC1. The van der Waals surface area contributed by atoms with Crippen LogP contribution in [0.5, 0.6) is 0 Å². The van der Waals surface area contributed by atoms with Crippen LogP contribution in [-0.2, 0) is 22.7 Å². The Labute approximate surface area is 174 Å². The summed E-state index contributed by atoms with van der Waals surface area (Å²) in [6.07, 6.45) is 6.38. The third-order valence-corrected chi connectivity index (χ3v) is 5.40. The highest BCUT2D eigenvalue weighted by Crippen LogP contribution is 2.29. The summed E-state index contributed by atoms with van der Waals surface area (Å²) in [6.45, 7) is 6.29. The molecule has 0 spiro atoms. The number of amides is 2. The van der Waals surface area contributed by atoms with Crippen LogP contribution in [0.15, 0.2) is 48.7 Å². The van der Waals surface area contributed by atoms with E-state index in [0.29, 0.717) is 25.6 Å². The van der Waals surface area contributed by atoms with Crippen LogP contribution in [0.1, 0.15) is 57.2 Å². The van der Waals surface area contributed by atoms with Gasteiger partial charge in [0.25, 0.3) is 0 Å². The van der Waals surface area contributed by atoms with E-state index in [9.17, 15) is 9.59 Å². The van der Waals surface area contributed by atoms with Crippen molar-refractivity contribution in [2.45, 2.75) is 65.1 Å². The summed E-state index contributed by atoms with van der Waals surface area (Å²) < 4.78 is 2.21. The van der Waals surface area contributed by atoms with Gasteiger partial charge >= 0.3 is 0 Å². The summed E-state index contributed by atoms with van der Waals surface area (Å²) in [7, 11) is 0. The smallest absolute Gasteiger partial charge is 0.242 e. The molecule has 29 heavy (non-hydrogen) atoms. The number of aromatic nitrogens is 1. The van der Waals surface area contributed by atoms with Crippen LogP contribution < -0.4 is 0 Å². The van der Waals surface area contributed by atoms with Crippen LogP contribution in [0.25, 0.3) is 0 Å². The Morgan fingerprint density at radius 1 is 1.00 bits per heavy atom. The van der Waals surface area contributed by atoms with Crippen LogP contribution in [0, 0.1) is 0 Å². The molecule has 1 aromatic heterocycles. The maximum absolute atomic E-state index is 13.1. The maximum atomic E-state index is 13.1. The maximum Gasteiger partial charge on any atom is 0.242 e. The second-order valence-corrected chi connectivity index (χ2v) is 7.93. The van der Waals surface area contributed by atoms with Crippen molar-refractivity contribution >= 4 is 11.8 Å². The summed E-state index contributed by atoms with van der Waals surface area (Å²) in [5, 5.41) is 0. The van der Waals surface area contributed by atoms with E-state index in [1.165, 1.54) is 5.56 Å². The van der Waals surface area contributed by atoms with Gasteiger partial charge in [0.15, 0.2) is 0 Å². The zero-order valence-electron chi connectivity index (χ0n) is 17.7. The fraction of sp³-hybridized carbons (Fsp3) is 0.500. The van der Waals surface area contributed by atoms with Crippen molar-refractivity contribution in [3.05, 3.63) is 59.9 Å². The van der Waals surface area contributed by atoms with E-state index in [0.717, 1.165) is 37.9 Å². The molecule has 0 bridgehead atoms. The van der Waals surface area contributed by atoms with Crippen LogP contribution in [0.2, 0.25) is 0 Å². The standard InChI is InChI=1S/C24H33N3O2/c1-3-9-23(28)26(15-4-2)19-24(29)27(21-13-14-21)18-22-12-8-16-25(22)17-20-10-6-5-7-11-20/h5-8,10-12,16,21H,3-4,9,13-15,17-19H2,1-2H3. The summed E-state index contributed by atoms with van der Waals surface area (Å²) >= 11 is 0. The van der Waals surface area contributed by atoms with E-state index < -0.39 is 0 Å². The van der Waals surface area contributed by atoms with E-state index in [1.54, 1.807) is 4.90 Å². The number of benzene rings is 1. The Kier molecular flexibility index (Phi) is 7.50. The Balaban J connectivity index is 1.68. The molecule has 1 heterocycles. The quantitative estimate of drug-likeness (QED) is 0.576. The van der Waals surface area contributed by atoms with E-state index in [2.05, 4.69) is 29.0 Å². The third kappa shape index (κ3) is 5.96. The van der Waals surface area contributed by atoms with E-state index in [4.69, 9.17) is 0 Å². The number of carbonyl (C=O) groups is 2. The molecule has 1 fully saturated rings.